The first kappa shape index (κ1) is 26.4. The van der Waals surface area contributed by atoms with Gasteiger partial charge < -0.3 is 24.8 Å². The number of carbonyl (C=O) groups is 3. The SMILES string of the molecule is COC(=O)C(CNC(=O)N1CCC2(CC1)C(=O)N(C)CN2c1ccccc1)NS(=O)(=O)c1ccccc1. The minimum Gasteiger partial charge on any atom is -0.468 e. The van der Waals surface area contributed by atoms with Crippen LogP contribution in [0.3, 0.4) is 0 Å². The summed E-state index contributed by atoms with van der Waals surface area (Å²) in [5.41, 5.74) is 0.219. The summed E-state index contributed by atoms with van der Waals surface area (Å²) in [5, 5.41) is 2.63. The number of amides is 3. The summed E-state index contributed by atoms with van der Waals surface area (Å²) in [6.45, 7) is 0.829. The largest absolute Gasteiger partial charge is 0.468 e. The number of hydrogen-bond donors (Lipinski definition) is 2. The van der Waals surface area contributed by atoms with Crippen molar-refractivity contribution in [3.8, 4) is 0 Å². The fraction of sp³-hybridized carbons (Fsp3) is 0.400. The highest BCUT2D eigenvalue weighted by Gasteiger charge is 2.53. The predicted molar refractivity (Wildman–Crippen MR) is 136 cm³/mol. The second-order valence-electron chi connectivity index (χ2n) is 9.12. The molecule has 0 aromatic heterocycles. The highest BCUT2D eigenvalue weighted by molar-refractivity contribution is 7.89. The number of anilines is 1. The minimum absolute atomic E-state index is 0.00859. The molecule has 3 amide bonds. The summed E-state index contributed by atoms with van der Waals surface area (Å²) in [6.07, 6.45) is 0.888. The Kier molecular flexibility index (Phi) is 7.69. The molecule has 1 unspecified atom stereocenters. The van der Waals surface area contributed by atoms with Gasteiger partial charge >= 0.3 is 12.0 Å². The van der Waals surface area contributed by atoms with Crippen molar-refractivity contribution in [2.45, 2.75) is 29.3 Å². The summed E-state index contributed by atoms with van der Waals surface area (Å²) in [5.74, 6) is -0.798. The Morgan fingerprint density at radius 3 is 2.22 bits per heavy atom. The third kappa shape index (κ3) is 5.39. The van der Waals surface area contributed by atoms with E-state index in [1.54, 1.807) is 35.0 Å². The molecule has 2 aromatic carbocycles. The number of piperidine rings is 1. The summed E-state index contributed by atoms with van der Waals surface area (Å²) < 4.78 is 32.4. The fourth-order valence-corrected chi connectivity index (χ4v) is 6.06. The lowest BCUT2D eigenvalue weighted by atomic mass is 9.85. The Bertz CT molecular complexity index is 1230. The van der Waals surface area contributed by atoms with Crippen LogP contribution in [0.15, 0.2) is 65.6 Å². The third-order valence-corrected chi connectivity index (χ3v) is 8.34. The van der Waals surface area contributed by atoms with Gasteiger partial charge in [0.25, 0.3) is 0 Å². The number of para-hydroxylation sites is 1. The molecular weight excluding hydrogens is 498 g/mol. The Balaban J connectivity index is 1.39. The smallest absolute Gasteiger partial charge is 0.325 e. The molecule has 37 heavy (non-hydrogen) atoms. The molecule has 2 aliphatic heterocycles. The third-order valence-electron chi connectivity index (χ3n) is 6.85. The van der Waals surface area contributed by atoms with E-state index in [1.807, 2.05) is 30.3 Å². The number of benzene rings is 2. The monoisotopic (exact) mass is 529 g/mol. The van der Waals surface area contributed by atoms with Crippen molar-refractivity contribution in [1.29, 1.82) is 0 Å². The van der Waals surface area contributed by atoms with Crippen LogP contribution < -0.4 is 14.9 Å². The summed E-state index contributed by atoms with van der Waals surface area (Å²) in [4.78, 5) is 43.7. The van der Waals surface area contributed by atoms with Crippen molar-refractivity contribution in [2.75, 3.05) is 45.4 Å². The maximum absolute atomic E-state index is 13.2. The number of sulfonamides is 1. The number of carbonyl (C=O) groups excluding carboxylic acids is 3. The Morgan fingerprint density at radius 1 is 1.03 bits per heavy atom. The summed E-state index contributed by atoms with van der Waals surface area (Å²) >= 11 is 0. The molecule has 1 spiro atoms. The Labute approximate surface area is 216 Å². The number of rotatable bonds is 7. The molecule has 0 aliphatic carbocycles. The van der Waals surface area contributed by atoms with Gasteiger partial charge in [-0.05, 0) is 37.1 Å². The highest BCUT2D eigenvalue weighted by atomic mass is 32.2. The lowest BCUT2D eigenvalue weighted by Gasteiger charge is -2.43. The Morgan fingerprint density at radius 2 is 1.62 bits per heavy atom. The molecule has 4 rings (SSSR count). The molecule has 2 fully saturated rings. The van der Waals surface area contributed by atoms with Crippen LogP contribution in [0.25, 0.3) is 0 Å². The van der Waals surface area contributed by atoms with Crippen molar-refractivity contribution in [3.63, 3.8) is 0 Å². The average Bonchev–Trinajstić information content (AvgIpc) is 3.16. The van der Waals surface area contributed by atoms with Gasteiger partial charge in [-0.3, -0.25) is 9.59 Å². The van der Waals surface area contributed by atoms with Crippen LogP contribution in [0.2, 0.25) is 0 Å². The lowest BCUT2D eigenvalue weighted by molar-refractivity contribution is -0.142. The summed E-state index contributed by atoms with van der Waals surface area (Å²) in [6, 6.07) is 15.6. The molecular formula is C25H31N5O6S. The van der Waals surface area contributed by atoms with Crippen LogP contribution >= 0.6 is 0 Å². The maximum atomic E-state index is 13.2. The molecule has 2 N–H and O–H groups in total. The van der Waals surface area contributed by atoms with Crippen molar-refractivity contribution in [2.24, 2.45) is 0 Å². The van der Waals surface area contributed by atoms with E-state index in [4.69, 9.17) is 4.74 Å². The van der Waals surface area contributed by atoms with Gasteiger partial charge in [-0.15, -0.1) is 0 Å². The zero-order chi connectivity index (χ0) is 26.6. The van der Waals surface area contributed by atoms with Gasteiger partial charge in [0.15, 0.2) is 0 Å². The second-order valence-corrected chi connectivity index (χ2v) is 10.8. The van der Waals surface area contributed by atoms with Gasteiger partial charge in [-0.2, -0.15) is 4.72 Å². The average molecular weight is 530 g/mol. The quantitative estimate of drug-likeness (QED) is 0.512. The zero-order valence-electron chi connectivity index (χ0n) is 20.8. The van der Waals surface area contributed by atoms with Crippen LogP contribution in [-0.4, -0.2) is 88.2 Å². The highest BCUT2D eigenvalue weighted by Crippen LogP contribution is 2.38. The number of ether oxygens (including phenoxy) is 1. The van der Waals surface area contributed by atoms with Gasteiger partial charge in [0, 0.05) is 32.4 Å². The van der Waals surface area contributed by atoms with E-state index in [2.05, 4.69) is 14.9 Å². The molecule has 12 heteroatoms. The number of urea groups is 1. The van der Waals surface area contributed by atoms with Crippen molar-refractivity contribution >= 4 is 33.6 Å². The maximum Gasteiger partial charge on any atom is 0.325 e. The Hall–Kier alpha value is -3.64. The molecule has 2 aromatic rings. The fourth-order valence-electron chi connectivity index (χ4n) is 4.85. The molecule has 198 valence electrons. The first-order valence-electron chi connectivity index (χ1n) is 11.9. The van der Waals surface area contributed by atoms with E-state index in [9.17, 15) is 22.8 Å². The molecule has 2 heterocycles. The van der Waals surface area contributed by atoms with E-state index in [0.29, 0.717) is 32.6 Å². The van der Waals surface area contributed by atoms with Gasteiger partial charge in [0.05, 0.1) is 18.7 Å². The van der Waals surface area contributed by atoms with E-state index in [1.165, 1.54) is 12.1 Å². The minimum atomic E-state index is -4.01. The molecule has 0 saturated carbocycles. The molecule has 0 radical (unpaired) electrons. The van der Waals surface area contributed by atoms with Gasteiger partial charge in [0.1, 0.15) is 11.6 Å². The summed E-state index contributed by atoms with van der Waals surface area (Å²) in [7, 11) is -1.09. The van der Waals surface area contributed by atoms with Crippen molar-refractivity contribution < 1.29 is 27.5 Å². The number of likely N-dealkylation sites (N-methyl/N-ethyl adjacent to an activating group) is 1. The topological polar surface area (TPSA) is 128 Å². The van der Waals surface area contributed by atoms with Crippen LogP contribution in [-0.2, 0) is 24.3 Å². The van der Waals surface area contributed by atoms with Gasteiger partial charge in [0.2, 0.25) is 15.9 Å². The van der Waals surface area contributed by atoms with E-state index in [0.717, 1.165) is 12.8 Å². The number of likely N-dealkylation sites (tertiary alicyclic amines) is 1. The molecule has 0 bridgehead atoms. The van der Waals surface area contributed by atoms with Crippen LogP contribution in [0.5, 0.6) is 0 Å². The molecule has 2 saturated heterocycles. The van der Waals surface area contributed by atoms with Crippen LogP contribution in [0, 0.1) is 0 Å². The van der Waals surface area contributed by atoms with Gasteiger partial charge in [-0.25, -0.2) is 13.2 Å². The van der Waals surface area contributed by atoms with Gasteiger partial charge in [-0.1, -0.05) is 36.4 Å². The molecule has 11 nitrogen and oxygen atoms in total. The van der Waals surface area contributed by atoms with E-state index >= 15 is 0 Å². The standard InChI is InChI=1S/C25H31N5O6S/c1-28-18-30(19-9-5-3-6-10-19)25(23(28)32)13-15-29(16-14-25)24(33)26-17-21(22(31)36-2)27-37(34,35)20-11-7-4-8-12-20/h3-12,21,27H,13-18H2,1-2H3,(H,26,33). The van der Waals surface area contributed by atoms with Crippen molar-refractivity contribution in [1.82, 2.24) is 19.8 Å². The van der Waals surface area contributed by atoms with Crippen LogP contribution in [0.1, 0.15) is 12.8 Å². The number of methoxy groups -OCH3 is 1. The normalized spacial score (nSPS) is 18.1. The van der Waals surface area contributed by atoms with E-state index < -0.39 is 33.6 Å². The van der Waals surface area contributed by atoms with Crippen LogP contribution in [0.4, 0.5) is 10.5 Å². The van der Waals surface area contributed by atoms with Crippen molar-refractivity contribution in [3.05, 3.63) is 60.7 Å². The second kappa shape index (κ2) is 10.8. The first-order chi connectivity index (χ1) is 17.7. The predicted octanol–water partition coefficient (Wildman–Crippen LogP) is 0.987. The lowest BCUT2D eigenvalue weighted by Crippen LogP contribution is -2.59. The first-order valence-corrected chi connectivity index (χ1v) is 13.4. The molecule has 2 aliphatic rings. The zero-order valence-corrected chi connectivity index (χ0v) is 21.6. The molecule has 1 atom stereocenters. The number of nitrogens with zero attached hydrogens (tertiary/aromatic N) is 3. The number of esters is 1. The van der Waals surface area contributed by atoms with E-state index in [-0.39, 0.29) is 17.3 Å². The number of nitrogens with one attached hydrogen (secondary N) is 2. The number of hydrogen-bond acceptors (Lipinski definition) is 7.